The number of rotatable bonds is 11. The molecule has 3 rings (SSSR count). The van der Waals surface area contributed by atoms with E-state index >= 15 is 0 Å². The van der Waals surface area contributed by atoms with Crippen molar-refractivity contribution in [3.8, 4) is 0 Å². The van der Waals surface area contributed by atoms with Gasteiger partial charge in [0.1, 0.15) is 11.9 Å². The van der Waals surface area contributed by atoms with Crippen LogP contribution in [0.5, 0.6) is 0 Å². The van der Waals surface area contributed by atoms with Gasteiger partial charge in [0, 0.05) is 25.1 Å². The van der Waals surface area contributed by atoms with Gasteiger partial charge in [-0.15, -0.1) is 0 Å². The predicted molar refractivity (Wildman–Crippen MR) is 138 cm³/mol. The van der Waals surface area contributed by atoms with Crippen LogP contribution in [0.1, 0.15) is 47.6 Å². The van der Waals surface area contributed by atoms with Crippen LogP contribution in [0, 0.1) is 19.7 Å². The third kappa shape index (κ3) is 7.51. The van der Waals surface area contributed by atoms with E-state index in [1.54, 1.807) is 23.1 Å². The van der Waals surface area contributed by atoms with Gasteiger partial charge >= 0.3 is 0 Å². The summed E-state index contributed by atoms with van der Waals surface area (Å²) in [6.07, 6.45) is 2.30. The first kappa shape index (κ1) is 26.1. The molecule has 4 nitrogen and oxygen atoms in total. The molecule has 0 saturated carbocycles. The number of nitrogens with one attached hydrogen (secondary N) is 1. The van der Waals surface area contributed by atoms with Crippen LogP contribution < -0.4 is 5.32 Å². The maximum Gasteiger partial charge on any atom is 0.243 e. The van der Waals surface area contributed by atoms with Crippen molar-refractivity contribution in [1.82, 2.24) is 10.2 Å². The van der Waals surface area contributed by atoms with Gasteiger partial charge in [0.25, 0.3) is 0 Å². The number of amides is 2. The highest BCUT2D eigenvalue weighted by Crippen LogP contribution is 2.19. The zero-order chi connectivity index (χ0) is 25.2. The monoisotopic (exact) mass is 474 g/mol. The van der Waals surface area contributed by atoms with E-state index in [1.807, 2.05) is 62.4 Å². The van der Waals surface area contributed by atoms with Crippen LogP contribution in [0.15, 0.2) is 72.8 Å². The molecular formula is C30H35FN2O2. The highest BCUT2D eigenvalue weighted by molar-refractivity contribution is 5.88. The summed E-state index contributed by atoms with van der Waals surface area (Å²) in [7, 11) is 0. The van der Waals surface area contributed by atoms with Gasteiger partial charge < -0.3 is 10.2 Å². The molecule has 0 aliphatic carbocycles. The maximum absolute atomic E-state index is 14.6. The second-order valence-electron chi connectivity index (χ2n) is 9.06. The third-order valence-electron chi connectivity index (χ3n) is 6.33. The molecular weight excluding hydrogens is 439 g/mol. The lowest BCUT2D eigenvalue weighted by Gasteiger charge is -2.32. The maximum atomic E-state index is 14.6. The average molecular weight is 475 g/mol. The predicted octanol–water partition coefficient (Wildman–Crippen LogP) is 5.54. The number of hydrogen-bond acceptors (Lipinski definition) is 2. The first-order valence-corrected chi connectivity index (χ1v) is 12.3. The molecule has 0 saturated heterocycles. The van der Waals surface area contributed by atoms with Crippen molar-refractivity contribution < 1.29 is 14.0 Å². The average Bonchev–Trinajstić information content (AvgIpc) is 2.85. The standard InChI is InChI=1S/C30H35FN2O2/c1-4-5-17-32-30(35)28(19-24-11-7-6-8-12-24)33(21-26-13-9-10-14-27(26)31)29(34)20-25-16-15-22(2)23(3)18-25/h6-16,18,28H,4-5,17,19-21H2,1-3H3,(H,32,35)/t28-/m0/s1. The lowest BCUT2D eigenvalue weighted by atomic mass is 10.00. The van der Waals surface area contributed by atoms with E-state index in [-0.39, 0.29) is 30.6 Å². The third-order valence-corrected chi connectivity index (χ3v) is 6.33. The molecule has 5 heteroatoms. The van der Waals surface area contributed by atoms with Gasteiger partial charge in [-0.1, -0.05) is 80.1 Å². The van der Waals surface area contributed by atoms with Gasteiger partial charge in [-0.25, -0.2) is 4.39 Å². The topological polar surface area (TPSA) is 49.4 Å². The molecule has 0 aliphatic rings. The number of hydrogen-bond donors (Lipinski definition) is 1. The van der Waals surface area contributed by atoms with E-state index < -0.39 is 6.04 Å². The molecule has 0 aliphatic heterocycles. The van der Waals surface area contributed by atoms with Crippen molar-refractivity contribution in [2.75, 3.05) is 6.54 Å². The van der Waals surface area contributed by atoms with E-state index in [0.717, 1.165) is 35.1 Å². The van der Waals surface area contributed by atoms with Gasteiger partial charge in [-0.2, -0.15) is 0 Å². The fraction of sp³-hybridized carbons (Fsp3) is 0.333. The number of nitrogens with zero attached hydrogens (tertiary/aromatic N) is 1. The minimum Gasteiger partial charge on any atom is -0.354 e. The summed E-state index contributed by atoms with van der Waals surface area (Å²) >= 11 is 0. The molecule has 0 spiro atoms. The molecule has 0 bridgehead atoms. The van der Waals surface area contributed by atoms with Crippen LogP contribution in [-0.2, 0) is 29.0 Å². The summed E-state index contributed by atoms with van der Waals surface area (Å²) in [5.74, 6) is -0.809. The molecule has 2 amide bonds. The zero-order valence-electron chi connectivity index (χ0n) is 20.9. The summed E-state index contributed by atoms with van der Waals surface area (Å²) < 4.78 is 14.6. The van der Waals surface area contributed by atoms with E-state index in [1.165, 1.54) is 6.07 Å². The Morgan fingerprint density at radius 2 is 1.63 bits per heavy atom. The summed E-state index contributed by atoms with van der Waals surface area (Å²) in [5.41, 5.74) is 4.47. The number of aryl methyl sites for hydroxylation is 2. The van der Waals surface area contributed by atoms with Crippen molar-refractivity contribution >= 4 is 11.8 Å². The van der Waals surface area contributed by atoms with E-state index in [9.17, 15) is 14.0 Å². The minimum atomic E-state index is -0.757. The first-order valence-electron chi connectivity index (χ1n) is 12.3. The van der Waals surface area contributed by atoms with Crippen LogP contribution in [0.2, 0.25) is 0 Å². The van der Waals surface area contributed by atoms with Crippen LogP contribution in [0.3, 0.4) is 0 Å². The Bertz CT molecular complexity index is 1130. The molecule has 184 valence electrons. The second kappa shape index (κ2) is 12.8. The molecule has 35 heavy (non-hydrogen) atoms. The normalized spacial score (nSPS) is 11.7. The number of carbonyl (C=O) groups excluding carboxylic acids is 2. The fourth-order valence-electron chi connectivity index (χ4n) is 4.06. The lowest BCUT2D eigenvalue weighted by molar-refractivity contribution is -0.140. The quantitative estimate of drug-likeness (QED) is 0.371. The Hall–Kier alpha value is -3.47. The van der Waals surface area contributed by atoms with Crippen LogP contribution in [0.4, 0.5) is 4.39 Å². The Balaban J connectivity index is 1.96. The number of benzene rings is 3. The fourth-order valence-corrected chi connectivity index (χ4v) is 4.06. The van der Waals surface area contributed by atoms with Crippen molar-refractivity contribution in [3.63, 3.8) is 0 Å². The van der Waals surface area contributed by atoms with Gasteiger partial charge in [-0.05, 0) is 48.6 Å². The number of carbonyl (C=O) groups is 2. The SMILES string of the molecule is CCCCNC(=O)[C@H](Cc1ccccc1)N(Cc1ccccc1F)C(=O)Cc1ccc(C)c(C)c1. The first-order chi connectivity index (χ1) is 16.9. The molecule has 0 fully saturated rings. The lowest BCUT2D eigenvalue weighted by Crippen LogP contribution is -2.51. The highest BCUT2D eigenvalue weighted by Gasteiger charge is 2.30. The van der Waals surface area contributed by atoms with Crippen molar-refractivity contribution in [1.29, 1.82) is 0 Å². The minimum absolute atomic E-state index is 0.0229. The summed E-state index contributed by atoms with van der Waals surface area (Å²) in [5, 5.41) is 2.99. The van der Waals surface area contributed by atoms with E-state index in [0.29, 0.717) is 18.5 Å². The molecule has 0 unspecified atom stereocenters. The largest absolute Gasteiger partial charge is 0.354 e. The van der Waals surface area contributed by atoms with Crippen molar-refractivity contribution in [2.45, 2.75) is 59.0 Å². The Morgan fingerprint density at radius 1 is 0.914 bits per heavy atom. The Kier molecular flexibility index (Phi) is 9.59. The highest BCUT2D eigenvalue weighted by atomic mass is 19.1. The molecule has 3 aromatic rings. The smallest absolute Gasteiger partial charge is 0.243 e. The Labute approximate surface area is 208 Å². The van der Waals surface area contributed by atoms with Gasteiger partial charge in [0.05, 0.1) is 6.42 Å². The van der Waals surface area contributed by atoms with Gasteiger partial charge in [0.2, 0.25) is 11.8 Å². The second-order valence-corrected chi connectivity index (χ2v) is 9.06. The van der Waals surface area contributed by atoms with Gasteiger partial charge in [-0.3, -0.25) is 9.59 Å². The molecule has 0 heterocycles. The van der Waals surface area contributed by atoms with Crippen molar-refractivity contribution in [3.05, 3.63) is 106 Å². The van der Waals surface area contributed by atoms with Crippen molar-refractivity contribution in [2.24, 2.45) is 0 Å². The van der Waals surface area contributed by atoms with Crippen LogP contribution in [-0.4, -0.2) is 29.3 Å². The van der Waals surface area contributed by atoms with Crippen LogP contribution in [0.25, 0.3) is 0 Å². The van der Waals surface area contributed by atoms with E-state index in [4.69, 9.17) is 0 Å². The zero-order valence-corrected chi connectivity index (χ0v) is 20.9. The van der Waals surface area contributed by atoms with Gasteiger partial charge in [0.15, 0.2) is 0 Å². The number of halogens is 1. The molecule has 1 atom stereocenters. The number of unbranched alkanes of at least 4 members (excludes halogenated alkanes) is 1. The van der Waals surface area contributed by atoms with E-state index in [2.05, 4.69) is 12.2 Å². The molecule has 1 N–H and O–H groups in total. The molecule has 0 aromatic heterocycles. The Morgan fingerprint density at radius 3 is 2.31 bits per heavy atom. The summed E-state index contributed by atoms with van der Waals surface area (Å²) in [6.45, 7) is 6.67. The summed E-state index contributed by atoms with van der Waals surface area (Å²) in [4.78, 5) is 28.7. The molecule has 0 radical (unpaired) electrons. The van der Waals surface area contributed by atoms with Crippen LogP contribution >= 0.6 is 0 Å². The summed E-state index contributed by atoms with van der Waals surface area (Å²) in [6, 6.07) is 21.2. The molecule has 3 aromatic carbocycles.